The van der Waals surface area contributed by atoms with Crippen LogP contribution in [0.1, 0.15) is 28.6 Å². The second-order valence-corrected chi connectivity index (χ2v) is 4.47. The van der Waals surface area contributed by atoms with E-state index in [0.717, 1.165) is 11.3 Å². The average molecular weight is 258 g/mol. The van der Waals surface area contributed by atoms with Gasteiger partial charge in [0.25, 0.3) is 5.91 Å². The van der Waals surface area contributed by atoms with Crippen molar-refractivity contribution < 1.29 is 9.21 Å². The third kappa shape index (κ3) is 2.96. The molecule has 0 radical (unpaired) electrons. The van der Waals surface area contributed by atoms with Crippen molar-refractivity contribution in [2.24, 2.45) is 0 Å². The molecule has 0 aliphatic heterocycles. The minimum Gasteiger partial charge on any atom is -0.467 e. The maximum atomic E-state index is 12.4. The van der Waals surface area contributed by atoms with Gasteiger partial charge in [0.2, 0.25) is 0 Å². The second-order valence-electron chi connectivity index (χ2n) is 4.47. The van der Waals surface area contributed by atoms with E-state index in [1.807, 2.05) is 32.0 Å². The Hall–Kier alpha value is -2.23. The third-order valence-corrected chi connectivity index (χ3v) is 3.12. The minimum atomic E-state index is -0.0365. The number of anilines is 1. The molecule has 0 spiro atoms. The number of nitrogens with two attached hydrogens (primary N) is 1. The Balaban J connectivity index is 2.18. The molecule has 2 rings (SSSR count). The van der Waals surface area contributed by atoms with Crippen molar-refractivity contribution in [2.45, 2.75) is 20.4 Å². The normalized spacial score (nSPS) is 10.4. The van der Waals surface area contributed by atoms with Crippen molar-refractivity contribution in [1.82, 2.24) is 4.90 Å². The Bertz CT molecular complexity index is 562. The molecule has 0 saturated heterocycles. The summed E-state index contributed by atoms with van der Waals surface area (Å²) in [6.45, 7) is 4.95. The first-order valence-corrected chi connectivity index (χ1v) is 6.29. The molecule has 0 aliphatic carbocycles. The van der Waals surface area contributed by atoms with Crippen molar-refractivity contribution in [2.75, 3.05) is 12.3 Å². The topological polar surface area (TPSA) is 59.5 Å². The van der Waals surface area contributed by atoms with Gasteiger partial charge in [0.1, 0.15) is 5.76 Å². The molecule has 100 valence electrons. The van der Waals surface area contributed by atoms with Crippen molar-refractivity contribution in [3.8, 4) is 0 Å². The monoisotopic (exact) mass is 258 g/mol. The zero-order chi connectivity index (χ0) is 13.8. The molecule has 0 fully saturated rings. The number of amides is 1. The summed E-state index contributed by atoms with van der Waals surface area (Å²) in [6.07, 6.45) is 1.61. The molecule has 1 amide bonds. The van der Waals surface area contributed by atoms with E-state index >= 15 is 0 Å². The Morgan fingerprint density at radius 1 is 1.37 bits per heavy atom. The molecule has 4 heteroatoms. The predicted molar refractivity (Wildman–Crippen MR) is 74.7 cm³/mol. The molecular weight excluding hydrogens is 240 g/mol. The lowest BCUT2D eigenvalue weighted by atomic mass is 10.1. The molecule has 0 aliphatic rings. The first-order valence-electron chi connectivity index (χ1n) is 6.29. The van der Waals surface area contributed by atoms with Crippen LogP contribution in [-0.4, -0.2) is 17.4 Å². The van der Waals surface area contributed by atoms with E-state index in [4.69, 9.17) is 10.2 Å². The van der Waals surface area contributed by atoms with Crippen LogP contribution >= 0.6 is 0 Å². The number of carbonyl (C=O) groups excluding carboxylic acids is 1. The first kappa shape index (κ1) is 13.2. The van der Waals surface area contributed by atoms with Crippen molar-refractivity contribution >= 4 is 11.6 Å². The summed E-state index contributed by atoms with van der Waals surface area (Å²) in [5.41, 5.74) is 8.07. The molecular formula is C15H18N2O2. The third-order valence-electron chi connectivity index (χ3n) is 3.12. The fourth-order valence-corrected chi connectivity index (χ4v) is 1.87. The van der Waals surface area contributed by atoms with Gasteiger partial charge < -0.3 is 15.1 Å². The van der Waals surface area contributed by atoms with Crippen LogP contribution in [0, 0.1) is 6.92 Å². The molecule has 19 heavy (non-hydrogen) atoms. The molecule has 0 unspecified atom stereocenters. The maximum absolute atomic E-state index is 12.4. The molecule has 0 bridgehead atoms. The van der Waals surface area contributed by atoms with Crippen LogP contribution in [0.4, 0.5) is 5.69 Å². The zero-order valence-electron chi connectivity index (χ0n) is 11.2. The number of hydrogen-bond donors (Lipinski definition) is 1. The van der Waals surface area contributed by atoms with E-state index in [9.17, 15) is 4.79 Å². The molecule has 1 aromatic carbocycles. The summed E-state index contributed by atoms with van der Waals surface area (Å²) in [7, 11) is 0. The van der Waals surface area contributed by atoms with E-state index in [1.54, 1.807) is 23.3 Å². The molecule has 2 aromatic rings. The van der Waals surface area contributed by atoms with E-state index in [1.165, 1.54) is 0 Å². The molecule has 1 heterocycles. The van der Waals surface area contributed by atoms with Crippen molar-refractivity contribution in [3.63, 3.8) is 0 Å². The van der Waals surface area contributed by atoms with Gasteiger partial charge in [0, 0.05) is 17.8 Å². The number of nitrogens with zero attached hydrogens (tertiary/aromatic N) is 1. The lowest BCUT2D eigenvalue weighted by Crippen LogP contribution is -2.30. The summed E-state index contributed by atoms with van der Waals surface area (Å²) in [5.74, 6) is 0.737. The van der Waals surface area contributed by atoms with Gasteiger partial charge in [-0.2, -0.15) is 0 Å². The van der Waals surface area contributed by atoms with Gasteiger partial charge in [0.05, 0.1) is 12.8 Å². The first-order chi connectivity index (χ1) is 9.11. The fourth-order valence-electron chi connectivity index (χ4n) is 1.87. The zero-order valence-corrected chi connectivity index (χ0v) is 11.2. The fraction of sp³-hybridized carbons (Fsp3) is 0.267. The Morgan fingerprint density at radius 3 is 2.74 bits per heavy atom. The molecule has 4 nitrogen and oxygen atoms in total. The molecule has 0 saturated carbocycles. The number of benzene rings is 1. The average Bonchev–Trinajstić information content (AvgIpc) is 2.91. The van der Waals surface area contributed by atoms with Gasteiger partial charge in [-0.25, -0.2) is 0 Å². The van der Waals surface area contributed by atoms with Gasteiger partial charge in [-0.1, -0.05) is 6.07 Å². The molecule has 1 aromatic heterocycles. The van der Waals surface area contributed by atoms with E-state index in [2.05, 4.69) is 0 Å². The number of furan rings is 1. The van der Waals surface area contributed by atoms with Crippen LogP contribution in [0.5, 0.6) is 0 Å². The van der Waals surface area contributed by atoms with Gasteiger partial charge >= 0.3 is 0 Å². The highest BCUT2D eigenvalue weighted by Gasteiger charge is 2.16. The van der Waals surface area contributed by atoms with Crippen LogP contribution in [0.15, 0.2) is 41.0 Å². The number of aryl methyl sites for hydroxylation is 1. The van der Waals surface area contributed by atoms with Gasteiger partial charge in [-0.15, -0.1) is 0 Å². The van der Waals surface area contributed by atoms with Gasteiger partial charge in [-0.3, -0.25) is 4.79 Å². The second kappa shape index (κ2) is 5.61. The highest BCUT2D eigenvalue weighted by atomic mass is 16.3. The van der Waals surface area contributed by atoms with E-state index in [-0.39, 0.29) is 5.91 Å². The van der Waals surface area contributed by atoms with Crippen molar-refractivity contribution in [1.29, 1.82) is 0 Å². The molecule has 2 N–H and O–H groups in total. The predicted octanol–water partition coefficient (Wildman–Crippen LogP) is 2.83. The van der Waals surface area contributed by atoms with E-state index < -0.39 is 0 Å². The molecule has 0 atom stereocenters. The van der Waals surface area contributed by atoms with Gasteiger partial charge in [0.15, 0.2) is 0 Å². The quantitative estimate of drug-likeness (QED) is 0.858. The smallest absolute Gasteiger partial charge is 0.254 e. The van der Waals surface area contributed by atoms with Crippen LogP contribution in [-0.2, 0) is 6.54 Å². The number of carbonyl (C=O) groups is 1. The SMILES string of the molecule is CCN(Cc1ccco1)C(=O)c1ccc(C)c(N)c1. The van der Waals surface area contributed by atoms with Crippen LogP contribution < -0.4 is 5.73 Å². The summed E-state index contributed by atoms with van der Waals surface area (Å²) in [4.78, 5) is 14.1. The standard InChI is InChI=1S/C15H18N2O2/c1-3-17(10-13-5-4-8-19-13)15(18)12-7-6-11(2)14(16)9-12/h4-9H,3,10,16H2,1-2H3. The number of hydrogen-bond acceptors (Lipinski definition) is 3. The highest BCUT2D eigenvalue weighted by molar-refractivity contribution is 5.95. The van der Waals surface area contributed by atoms with Crippen LogP contribution in [0.3, 0.4) is 0 Å². The lowest BCUT2D eigenvalue weighted by Gasteiger charge is -2.20. The Kier molecular flexibility index (Phi) is 3.90. The number of rotatable bonds is 4. The van der Waals surface area contributed by atoms with Crippen LogP contribution in [0.2, 0.25) is 0 Å². The van der Waals surface area contributed by atoms with E-state index in [0.29, 0.717) is 24.3 Å². The minimum absolute atomic E-state index is 0.0365. The lowest BCUT2D eigenvalue weighted by molar-refractivity contribution is 0.0741. The van der Waals surface area contributed by atoms with Gasteiger partial charge in [-0.05, 0) is 43.7 Å². The Morgan fingerprint density at radius 2 is 2.16 bits per heavy atom. The summed E-state index contributed by atoms with van der Waals surface area (Å²) in [5, 5.41) is 0. The maximum Gasteiger partial charge on any atom is 0.254 e. The largest absolute Gasteiger partial charge is 0.467 e. The van der Waals surface area contributed by atoms with Crippen LogP contribution in [0.25, 0.3) is 0 Å². The highest BCUT2D eigenvalue weighted by Crippen LogP contribution is 2.16. The Labute approximate surface area is 112 Å². The summed E-state index contributed by atoms with van der Waals surface area (Å²) in [6, 6.07) is 9.07. The van der Waals surface area contributed by atoms with Crippen molar-refractivity contribution in [3.05, 3.63) is 53.5 Å². The summed E-state index contributed by atoms with van der Waals surface area (Å²) < 4.78 is 5.28. The number of nitrogen functional groups attached to an aromatic ring is 1. The summed E-state index contributed by atoms with van der Waals surface area (Å²) >= 11 is 0.